The first-order valence-corrected chi connectivity index (χ1v) is 10.4. The summed E-state index contributed by atoms with van der Waals surface area (Å²) in [6.45, 7) is 2.42. The highest BCUT2D eigenvalue weighted by Gasteiger charge is 2.16. The van der Waals surface area contributed by atoms with E-state index >= 15 is 0 Å². The average molecular weight is 390 g/mol. The molecule has 1 heterocycles. The molecule has 0 saturated carbocycles. The molecule has 3 aromatic rings. The summed E-state index contributed by atoms with van der Waals surface area (Å²) in [5.41, 5.74) is 1.26. The van der Waals surface area contributed by atoms with E-state index < -0.39 is 10.0 Å². The van der Waals surface area contributed by atoms with Crippen LogP contribution in [0.1, 0.15) is 28.2 Å². The number of carbonyl (C=O) groups excluding carboxylic acids is 1. The number of amides is 1. The molecule has 2 N–H and O–H groups in total. The molecular weight excluding hydrogens is 370 g/mol. The number of hydrogen-bond acceptors (Lipinski definition) is 5. The van der Waals surface area contributed by atoms with Crippen molar-refractivity contribution in [3.63, 3.8) is 0 Å². The molecule has 136 valence electrons. The Labute approximate surface area is 156 Å². The molecule has 0 bridgehead atoms. The van der Waals surface area contributed by atoms with Crippen LogP contribution in [0.25, 0.3) is 10.2 Å². The monoisotopic (exact) mass is 389 g/mol. The highest BCUT2D eigenvalue weighted by molar-refractivity contribution is 7.89. The van der Waals surface area contributed by atoms with Crippen molar-refractivity contribution in [2.45, 2.75) is 17.7 Å². The lowest BCUT2D eigenvalue weighted by Crippen LogP contribution is -2.28. The first kappa shape index (κ1) is 18.5. The Morgan fingerprint density at radius 3 is 2.69 bits per heavy atom. The fraction of sp³-hybridized carbons (Fsp3) is 0.222. The average Bonchev–Trinajstić information content (AvgIpc) is 3.10. The number of fused-ring (bicyclic) bond motifs is 1. The number of rotatable bonds is 6. The molecule has 8 heteroatoms. The summed E-state index contributed by atoms with van der Waals surface area (Å²) in [4.78, 5) is 17.0. The van der Waals surface area contributed by atoms with Gasteiger partial charge in [-0.1, -0.05) is 25.1 Å². The minimum Gasteiger partial charge on any atom is -0.351 e. The largest absolute Gasteiger partial charge is 0.351 e. The number of hydrogen-bond donors (Lipinski definition) is 2. The van der Waals surface area contributed by atoms with Crippen molar-refractivity contribution in [2.24, 2.45) is 0 Å². The summed E-state index contributed by atoms with van der Waals surface area (Å²) in [6.07, 6.45) is 0. The van der Waals surface area contributed by atoms with E-state index in [0.717, 1.165) is 15.2 Å². The molecule has 6 nitrogen and oxygen atoms in total. The third kappa shape index (κ3) is 3.92. The van der Waals surface area contributed by atoms with Gasteiger partial charge in [0.1, 0.15) is 0 Å². The predicted octanol–water partition coefficient (Wildman–Crippen LogP) is 2.74. The molecule has 1 unspecified atom stereocenters. The van der Waals surface area contributed by atoms with Crippen molar-refractivity contribution in [3.8, 4) is 0 Å². The molecule has 1 atom stereocenters. The third-order valence-electron chi connectivity index (χ3n) is 3.98. The number of nitrogens with one attached hydrogen (secondary N) is 2. The maximum absolute atomic E-state index is 12.4. The second kappa shape index (κ2) is 7.53. The molecule has 2 aromatic carbocycles. The van der Waals surface area contributed by atoms with E-state index in [2.05, 4.69) is 15.0 Å². The molecule has 0 fully saturated rings. The lowest BCUT2D eigenvalue weighted by molar-refractivity contribution is 0.0951. The maximum Gasteiger partial charge on any atom is 0.251 e. The highest BCUT2D eigenvalue weighted by atomic mass is 32.2. The van der Waals surface area contributed by atoms with E-state index in [1.807, 2.05) is 31.2 Å². The van der Waals surface area contributed by atoms with Crippen molar-refractivity contribution >= 4 is 37.5 Å². The SMILES string of the molecule is CNS(=O)(=O)c1cccc(C(=O)NCC(C)c2nc3ccccc3s2)c1. The van der Waals surface area contributed by atoms with Crippen LogP contribution in [0.5, 0.6) is 0 Å². The molecular formula is C18H19N3O3S2. The Morgan fingerprint density at radius 1 is 1.19 bits per heavy atom. The van der Waals surface area contributed by atoms with Crippen LogP contribution in [-0.2, 0) is 10.0 Å². The number of aromatic nitrogens is 1. The van der Waals surface area contributed by atoms with Gasteiger partial charge in [0, 0.05) is 18.0 Å². The van der Waals surface area contributed by atoms with E-state index in [-0.39, 0.29) is 16.7 Å². The first-order chi connectivity index (χ1) is 12.4. The lowest BCUT2D eigenvalue weighted by atomic mass is 10.1. The summed E-state index contributed by atoms with van der Waals surface area (Å²) in [5, 5.41) is 3.81. The summed E-state index contributed by atoms with van der Waals surface area (Å²) < 4.78 is 27.1. The van der Waals surface area contributed by atoms with Crippen LogP contribution in [0.2, 0.25) is 0 Å². The Hall–Kier alpha value is -2.29. The normalized spacial score (nSPS) is 12.8. The second-order valence-electron chi connectivity index (χ2n) is 5.87. The van der Waals surface area contributed by atoms with Crippen molar-refractivity contribution < 1.29 is 13.2 Å². The molecule has 0 aliphatic heterocycles. The standard InChI is InChI=1S/C18H19N3O3S2/c1-12(18-21-15-8-3-4-9-16(15)25-18)11-20-17(22)13-6-5-7-14(10-13)26(23,24)19-2/h3-10,12,19H,11H2,1-2H3,(H,20,22). The molecule has 3 rings (SSSR count). The van der Waals surface area contributed by atoms with Gasteiger partial charge in [0.15, 0.2) is 0 Å². The van der Waals surface area contributed by atoms with Gasteiger partial charge < -0.3 is 5.32 Å². The van der Waals surface area contributed by atoms with Crippen LogP contribution in [0, 0.1) is 0 Å². The maximum atomic E-state index is 12.4. The van der Waals surface area contributed by atoms with Gasteiger partial charge in [0.2, 0.25) is 10.0 Å². The number of para-hydroxylation sites is 1. The van der Waals surface area contributed by atoms with Crippen molar-refractivity contribution in [1.29, 1.82) is 0 Å². The van der Waals surface area contributed by atoms with Gasteiger partial charge in [0.25, 0.3) is 5.91 Å². The summed E-state index contributed by atoms with van der Waals surface area (Å²) >= 11 is 1.61. The fourth-order valence-electron chi connectivity index (χ4n) is 2.46. The molecule has 26 heavy (non-hydrogen) atoms. The topological polar surface area (TPSA) is 88.2 Å². The quantitative estimate of drug-likeness (QED) is 0.678. The van der Waals surface area contributed by atoms with E-state index in [0.29, 0.717) is 12.1 Å². The van der Waals surface area contributed by atoms with E-state index in [9.17, 15) is 13.2 Å². The van der Waals surface area contributed by atoms with Gasteiger partial charge >= 0.3 is 0 Å². The lowest BCUT2D eigenvalue weighted by Gasteiger charge is -2.11. The van der Waals surface area contributed by atoms with Crippen molar-refractivity contribution in [3.05, 3.63) is 59.1 Å². The molecule has 0 aliphatic rings. The van der Waals surface area contributed by atoms with E-state index in [4.69, 9.17) is 0 Å². The molecule has 0 aliphatic carbocycles. The van der Waals surface area contributed by atoms with Crippen LogP contribution in [0.4, 0.5) is 0 Å². The minimum absolute atomic E-state index is 0.0561. The highest BCUT2D eigenvalue weighted by Crippen LogP contribution is 2.26. The number of sulfonamides is 1. The van der Waals surface area contributed by atoms with Crippen LogP contribution in [0.3, 0.4) is 0 Å². The molecule has 0 radical (unpaired) electrons. The summed E-state index contributed by atoms with van der Waals surface area (Å²) in [7, 11) is -2.25. The van der Waals surface area contributed by atoms with Crippen molar-refractivity contribution in [1.82, 2.24) is 15.0 Å². The molecule has 1 amide bonds. The Kier molecular flexibility index (Phi) is 5.36. The molecule has 1 aromatic heterocycles. The third-order valence-corrected chi connectivity index (χ3v) is 6.66. The smallest absolute Gasteiger partial charge is 0.251 e. The zero-order chi connectivity index (χ0) is 18.7. The number of benzene rings is 2. The fourth-order valence-corrected chi connectivity index (χ4v) is 4.25. The van der Waals surface area contributed by atoms with Gasteiger partial charge in [-0.15, -0.1) is 11.3 Å². The number of carbonyl (C=O) groups is 1. The van der Waals surface area contributed by atoms with Gasteiger partial charge in [-0.25, -0.2) is 18.1 Å². The van der Waals surface area contributed by atoms with Gasteiger partial charge in [0.05, 0.1) is 20.1 Å². The van der Waals surface area contributed by atoms with Crippen LogP contribution in [0.15, 0.2) is 53.4 Å². The second-order valence-corrected chi connectivity index (χ2v) is 8.82. The molecule has 0 spiro atoms. The van der Waals surface area contributed by atoms with Crippen LogP contribution in [-0.4, -0.2) is 32.9 Å². The summed E-state index contributed by atoms with van der Waals surface area (Å²) in [6, 6.07) is 13.9. The molecule has 0 saturated heterocycles. The van der Waals surface area contributed by atoms with Gasteiger partial charge in [-0.2, -0.15) is 0 Å². The van der Waals surface area contributed by atoms with Crippen LogP contribution < -0.4 is 10.0 Å². The van der Waals surface area contributed by atoms with Crippen molar-refractivity contribution in [2.75, 3.05) is 13.6 Å². The number of nitrogens with zero attached hydrogens (tertiary/aromatic N) is 1. The Balaban J connectivity index is 1.69. The van der Waals surface area contributed by atoms with Gasteiger partial charge in [-0.05, 0) is 37.4 Å². The van der Waals surface area contributed by atoms with Crippen LogP contribution >= 0.6 is 11.3 Å². The number of thiazole rings is 1. The van der Waals surface area contributed by atoms with Gasteiger partial charge in [-0.3, -0.25) is 4.79 Å². The zero-order valence-corrected chi connectivity index (χ0v) is 16.0. The van der Waals surface area contributed by atoms with E-state index in [1.54, 1.807) is 23.5 Å². The zero-order valence-electron chi connectivity index (χ0n) is 14.4. The predicted molar refractivity (Wildman–Crippen MR) is 103 cm³/mol. The summed E-state index contributed by atoms with van der Waals surface area (Å²) in [5.74, 6) is -0.258. The van der Waals surface area contributed by atoms with E-state index in [1.165, 1.54) is 19.2 Å². The Morgan fingerprint density at radius 2 is 1.96 bits per heavy atom. The first-order valence-electron chi connectivity index (χ1n) is 8.08. The Bertz CT molecular complexity index is 1010. The minimum atomic E-state index is -3.58.